The van der Waals surface area contributed by atoms with Gasteiger partial charge in [0.1, 0.15) is 0 Å². The summed E-state index contributed by atoms with van der Waals surface area (Å²) in [6.45, 7) is 0. The van der Waals surface area contributed by atoms with Crippen LogP contribution in [0.5, 0.6) is 0 Å². The Morgan fingerprint density at radius 2 is 2.08 bits per heavy atom. The number of oxime groups is 1. The van der Waals surface area contributed by atoms with Crippen LogP contribution in [0.1, 0.15) is 25.7 Å². The normalized spacial score (nSPS) is 30.2. The summed E-state index contributed by atoms with van der Waals surface area (Å²) in [5, 5.41) is 21.0. The van der Waals surface area contributed by atoms with Gasteiger partial charge in [0.25, 0.3) is 0 Å². The van der Waals surface area contributed by atoms with Crippen molar-refractivity contribution < 1.29 is 10.3 Å². The maximum absolute atomic E-state index is 9.65. The van der Waals surface area contributed by atoms with Gasteiger partial charge in [0.2, 0.25) is 5.96 Å². The lowest BCUT2D eigenvalue weighted by Crippen LogP contribution is -2.49. The van der Waals surface area contributed by atoms with Gasteiger partial charge in [-0.1, -0.05) is 18.0 Å². The van der Waals surface area contributed by atoms with E-state index in [-0.39, 0.29) is 18.1 Å². The molecule has 0 bridgehead atoms. The van der Waals surface area contributed by atoms with Gasteiger partial charge < -0.3 is 20.9 Å². The molecule has 13 heavy (non-hydrogen) atoms. The van der Waals surface area contributed by atoms with E-state index in [0.717, 1.165) is 25.7 Å². The van der Waals surface area contributed by atoms with Crippen molar-refractivity contribution in [1.29, 1.82) is 0 Å². The molecule has 0 saturated heterocycles. The fraction of sp³-hybridized carbons (Fsp3) is 0.875. The van der Waals surface area contributed by atoms with Crippen LogP contribution in [0.15, 0.2) is 5.16 Å². The molecule has 2 unspecified atom stereocenters. The van der Waals surface area contributed by atoms with E-state index < -0.39 is 0 Å². The zero-order valence-electron chi connectivity index (χ0n) is 7.85. The Hall–Kier alpha value is -0.970. The van der Waals surface area contributed by atoms with Crippen molar-refractivity contribution in [3.05, 3.63) is 0 Å². The first-order valence-corrected chi connectivity index (χ1v) is 4.55. The quantitative estimate of drug-likeness (QED) is 0.232. The number of nitrogens with two attached hydrogens (primary N) is 1. The highest BCUT2D eigenvalue weighted by molar-refractivity contribution is 5.77. The van der Waals surface area contributed by atoms with E-state index in [9.17, 15) is 5.11 Å². The maximum atomic E-state index is 9.65. The molecule has 1 fully saturated rings. The van der Waals surface area contributed by atoms with Gasteiger partial charge in [-0.05, 0) is 12.8 Å². The third kappa shape index (κ3) is 2.24. The van der Waals surface area contributed by atoms with E-state index in [0.29, 0.717) is 0 Å². The van der Waals surface area contributed by atoms with Gasteiger partial charge in [0.05, 0.1) is 12.1 Å². The van der Waals surface area contributed by atoms with Crippen LogP contribution in [0.3, 0.4) is 0 Å². The SMILES string of the molecule is CN(C(N)=NO)C1CCCCC1O. The lowest BCUT2D eigenvalue weighted by atomic mass is 9.92. The first-order chi connectivity index (χ1) is 6.16. The summed E-state index contributed by atoms with van der Waals surface area (Å²) in [6, 6.07) is -0.00958. The Labute approximate surface area is 77.8 Å². The van der Waals surface area contributed by atoms with Gasteiger partial charge in [-0.15, -0.1) is 0 Å². The van der Waals surface area contributed by atoms with E-state index in [1.54, 1.807) is 11.9 Å². The highest BCUT2D eigenvalue weighted by Crippen LogP contribution is 2.21. The zero-order valence-corrected chi connectivity index (χ0v) is 7.85. The fourth-order valence-corrected chi connectivity index (χ4v) is 1.78. The van der Waals surface area contributed by atoms with E-state index in [1.807, 2.05) is 0 Å². The molecule has 0 amide bonds. The Kier molecular flexibility index (Phi) is 3.36. The predicted molar refractivity (Wildman–Crippen MR) is 49.4 cm³/mol. The summed E-state index contributed by atoms with van der Waals surface area (Å²) in [4.78, 5) is 1.63. The molecule has 0 aromatic carbocycles. The minimum atomic E-state index is -0.362. The second-order valence-electron chi connectivity index (χ2n) is 3.49. The Balaban J connectivity index is 2.58. The van der Waals surface area contributed by atoms with E-state index >= 15 is 0 Å². The predicted octanol–water partition coefficient (Wildman–Crippen LogP) is -0.0744. The molecule has 5 nitrogen and oxygen atoms in total. The van der Waals surface area contributed by atoms with Gasteiger partial charge in [-0.2, -0.15) is 0 Å². The zero-order chi connectivity index (χ0) is 9.84. The molecule has 1 aliphatic rings. The molecule has 1 aliphatic carbocycles. The minimum absolute atomic E-state index is 0.00958. The van der Waals surface area contributed by atoms with Crippen molar-refractivity contribution >= 4 is 5.96 Å². The highest BCUT2D eigenvalue weighted by Gasteiger charge is 2.27. The second kappa shape index (κ2) is 4.32. The van der Waals surface area contributed by atoms with Crippen LogP contribution in [0, 0.1) is 0 Å². The maximum Gasteiger partial charge on any atom is 0.233 e. The number of hydrogen-bond donors (Lipinski definition) is 3. The molecule has 0 aromatic heterocycles. The molecule has 0 radical (unpaired) electrons. The van der Waals surface area contributed by atoms with Gasteiger partial charge >= 0.3 is 0 Å². The molecule has 76 valence electrons. The first-order valence-electron chi connectivity index (χ1n) is 4.55. The van der Waals surface area contributed by atoms with Crippen molar-refractivity contribution in [3.63, 3.8) is 0 Å². The molecule has 0 aromatic rings. The molecule has 2 atom stereocenters. The lowest BCUT2D eigenvalue weighted by Gasteiger charge is -2.35. The fourth-order valence-electron chi connectivity index (χ4n) is 1.78. The number of nitrogens with zero attached hydrogens (tertiary/aromatic N) is 2. The molecule has 1 rings (SSSR count). The molecule has 0 spiro atoms. The van der Waals surface area contributed by atoms with Crippen LogP contribution in [0.2, 0.25) is 0 Å². The molecular weight excluding hydrogens is 170 g/mol. The average molecular weight is 187 g/mol. The number of aliphatic hydroxyl groups is 1. The smallest absolute Gasteiger partial charge is 0.233 e. The summed E-state index contributed by atoms with van der Waals surface area (Å²) < 4.78 is 0. The summed E-state index contributed by atoms with van der Waals surface area (Å²) in [5.74, 6) is 0.0611. The van der Waals surface area contributed by atoms with Crippen molar-refractivity contribution in [2.75, 3.05) is 7.05 Å². The number of hydrogen-bond acceptors (Lipinski definition) is 3. The van der Waals surface area contributed by atoms with Gasteiger partial charge in [0, 0.05) is 7.05 Å². The Morgan fingerprint density at radius 1 is 1.46 bits per heavy atom. The number of likely N-dealkylation sites (N-methyl/N-ethyl adjacent to an activating group) is 1. The topological polar surface area (TPSA) is 82.1 Å². The summed E-state index contributed by atoms with van der Waals surface area (Å²) in [5.41, 5.74) is 5.42. The monoisotopic (exact) mass is 187 g/mol. The molecule has 1 saturated carbocycles. The summed E-state index contributed by atoms with van der Waals surface area (Å²) >= 11 is 0. The Morgan fingerprint density at radius 3 is 2.62 bits per heavy atom. The van der Waals surface area contributed by atoms with Crippen molar-refractivity contribution in [2.45, 2.75) is 37.8 Å². The number of aliphatic hydroxyl groups excluding tert-OH is 1. The van der Waals surface area contributed by atoms with Crippen molar-refractivity contribution in [3.8, 4) is 0 Å². The largest absolute Gasteiger partial charge is 0.408 e. The van der Waals surface area contributed by atoms with E-state index in [4.69, 9.17) is 10.9 Å². The minimum Gasteiger partial charge on any atom is -0.408 e. The van der Waals surface area contributed by atoms with Crippen LogP contribution >= 0.6 is 0 Å². The van der Waals surface area contributed by atoms with Gasteiger partial charge in [0.15, 0.2) is 0 Å². The first kappa shape index (κ1) is 10.1. The van der Waals surface area contributed by atoms with E-state index in [2.05, 4.69) is 5.16 Å². The molecule has 5 heteroatoms. The highest BCUT2D eigenvalue weighted by atomic mass is 16.4. The molecule has 0 heterocycles. The van der Waals surface area contributed by atoms with Crippen molar-refractivity contribution in [2.24, 2.45) is 10.9 Å². The van der Waals surface area contributed by atoms with Crippen LogP contribution in [0.25, 0.3) is 0 Å². The van der Waals surface area contributed by atoms with Crippen LogP contribution in [-0.4, -0.2) is 40.4 Å². The number of guanidine groups is 1. The van der Waals surface area contributed by atoms with Crippen LogP contribution in [0.4, 0.5) is 0 Å². The summed E-state index contributed by atoms with van der Waals surface area (Å²) in [7, 11) is 1.73. The van der Waals surface area contributed by atoms with E-state index in [1.165, 1.54) is 0 Å². The third-order valence-electron chi connectivity index (χ3n) is 2.66. The number of rotatable bonds is 1. The van der Waals surface area contributed by atoms with Crippen molar-refractivity contribution in [1.82, 2.24) is 4.90 Å². The standard InChI is InChI=1S/C8H17N3O2/c1-11(8(9)10-13)6-4-2-3-5-7(6)12/h6-7,12-13H,2-5H2,1H3,(H2,9,10). The third-order valence-corrected chi connectivity index (χ3v) is 2.66. The Bertz CT molecular complexity index is 196. The van der Waals surface area contributed by atoms with Gasteiger partial charge in [-0.3, -0.25) is 0 Å². The average Bonchev–Trinajstić information content (AvgIpc) is 2.16. The summed E-state index contributed by atoms with van der Waals surface area (Å²) in [6.07, 6.45) is 3.48. The second-order valence-corrected chi connectivity index (χ2v) is 3.49. The van der Waals surface area contributed by atoms with Gasteiger partial charge in [-0.25, -0.2) is 0 Å². The molecule has 4 N–H and O–H groups in total. The van der Waals surface area contributed by atoms with Crippen LogP contribution in [-0.2, 0) is 0 Å². The molecular formula is C8H17N3O2. The lowest BCUT2D eigenvalue weighted by molar-refractivity contribution is 0.0576. The molecule has 0 aliphatic heterocycles. The van der Waals surface area contributed by atoms with Crippen LogP contribution < -0.4 is 5.73 Å².